The lowest BCUT2D eigenvalue weighted by Crippen LogP contribution is -2.54. The maximum atomic E-state index is 14.1. The largest absolute Gasteiger partial charge is 0.444 e. The van der Waals surface area contributed by atoms with Gasteiger partial charge in [-0.1, -0.05) is 69.4 Å². The Hall–Kier alpha value is -2.57. The second kappa shape index (κ2) is 13.8. The molecule has 7 heteroatoms. The maximum Gasteiger partial charge on any atom is 0.408 e. The Morgan fingerprint density at radius 3 is 2.14 bits per heavy atom. The average Bonchev–Trinajstić information content (AvgIpc) is 2.76. The van der Waals surface area contributed by atoms with Crippen molar-refractivity contribution in [2.24, 2.45) is 5.92 Å². The lowest BCUT2D eigenvalue weighted by molar-refractivity contribution is -0.143. The van der Waals surface area contributed by atoms with Crippen molar-refractivity contribution in [3.63, 3.8) is 0 Å². The number of nitrogens with one attached hydrogen (secondary N) is 2. The van der Waals surface area contributed by atoms with Crippen molar-refractivity contribution in [1.29, 1.82) is 0 Å². The zero-order chi connectivity index (χ0) is 27.8. The summed E-state index contributed by atoms with van der Waals surface area (Å²) in [5.41, 5.74) is 2.20. The van der Waals surface area contributed by atoms with Crippen LogP contribution in [0.4, 0.5) is 4.79 Å². The molecule has 2 unspecified atom stereocenters. The molecule has 1 saturated carbocycles. The monoisotopic (exact) mass is 515 g/mol. The van der Waals surface area contributed by atoms with Gasteiger partial charge < -0.3 is 20.3 Å². The van der Waals surface area contributed by atoms with E-state index in [1.54, 1.807) is 25.7 Å². The van der Waals surface area contributed by atoms with Crippen LogP contribution in [0.15, 0.2) is 18.2 Å². The summed E-state index contributed by atoms with van der Waals surface area (Å²) in [5.74, 6) is -0.258. The highest BCUT2D eigenvalue weighted by molar-refractivity contribution is 5.92. The molecule has 1 aliphatic rings. The number of alkyl carbamates (subject to hydrolysis) is 1. The summed E-state index contributed by atoms with van der Waals surface area (Å²) in [6, 6.07) is 4.61. The van der Waals surface area contributed by atoms with Crippen LogP contribution in [0, 0.1) is 19.8 Å². The number of aryl methyl sites for hydroxylation is 2. The fourth-order valence-corrected chi connectivity index (χ4v) is 5.12. The Morgan fingerprint density at radius 1 is 1.03 bits per heavy atom. The predicted octanol–water partition coefficient (Wildman–Crippen LogP) is 5.97. The number of benzene rings is 1. The summed E-state index contributed by atoms with van der Waals surface area (Å²) >= 11 is 0. The minimum atomic E-state index is -0.794. The summed E-state index contributed by atoms with van der Waals surface area (Å²) in [4.78, 5) is 42.4. The van der Waals surface area contributed by atoms with Crippen LogP contribution < -0.4 is 10.6 Å². The number of amides is 3. The minimum absolute atomic E-state index is 0.125. The van der Waals surface area contributed by atoms with Crippen molar-refractivity contribution in [2.75, 3.05) is 6.54 Å². The van der Waals surface area contributed by atoms with Gasteiger partial charge in [0.15, 0.2) is 0 Å². The van der Waals surface area contributed by atoms with Gasteiger partial charge in [0, 0.05) is 12.6 Å². The molecule has 1 aromatic carbocycles. The van der Waals surface area contributed by atoms with Crippen molar-refractivity contribution in [1.82, 2.24) is 15.5 Å². The van der Waals surface area contributed by atoms with Crippen LogP contribution in [0.25, 0.3) is 0 Å². The van der Waals surface area contributed by atoms with E-state index in [-0.39, 0.29) is 23.8 Å². The summed E-state index contributed by atoms with van der Waals surface area (Å²) in [5, 5.41) is 6.07. The molecule has 1 aromatic rings. The predicted molar refractivity (Wildman–Crippen MR) is 148 cm³/mol. The van der Waals surface area contributed by atoms with E-state index < -0.39 is 23.8 Å². The Morgan fingerprint density at radius 2 is 1.62 bits per heavy atom. The van der Waals surface area contributed by atoms with Crippen molar-refractivity contribution in [2.45, 2.75) is 124 Å². The van der Waals surface area contributed by atoms with Gasteiger partial charge in [-0.2, -0.15) is 0 Å². The molecule has 0 spiro atoms. The van der Waals surface area contributed by atoms with E-state index in [0.29, 0.717) is 19.4 Å². The molecule has 2 atom stereocenters. The van der Waals surface area contributed by atoms with Gasteiger partial charge in [-0.3, -0.25) is 9.59 Å². The summed E-state index contributed by atoms with van der Waals surface area (Å²) in [6.07, 6.45) is 5.83. The van der Waals surface area contributed by atoms with E-state index in [1.807, 2.05) is 46.8 Å². The zero-order valence-corrected chi connectivity index (χ0v) is 24.3. The lowest BCUT2D eigenvalue weighted by atomic mass is 9.93. The molecule has 2 rings (SSSR count). The molecule has 0 aliphatic heterocycles. The van der Waals surface area contributed by atoms with E-state index in [0.717, 1.165) is 42.4 Å². The van der Waals surface area contributed by atoms with Gasteiger partial charge in [-0.15, -0.1) is 0 Å². The minimum Gasteiger partial charge on any atom is -0.444 e. The molecule has 0 radical (unpaired) electrons. The third kappa shape index (κ3) is 10.0. The first kappa shape index (κ1) is 30.7. The fraction of sp³-hybridized carbons (Fsp3) is 0.700. The zero-order valence-electron chi connectivity index (χ0n) is 24.3. The normalized spacial score (nSPS) is 16.1. The molecular weight excluding hydrogens is 466 g/mol. The molecule has 7 nitrogen and oxygen atoms in total. The van der Waals surface area contributed by atoms with E-state index in [2.05, 4.69) is 16.7 Å². The van der Waals surface area contributed by atoms with Crippen molar-refractivity contribution < 1.29 is 19.1 Å². The van der Waals surface area contributed by atoms with E-state index in [1.165, 1.54) is 6.42 Å². The smallest absolute Gasteiger partial charge is 0.408 e. The summed E-state index contributed by atoms with van der Waals surface area (Å²) < 4.78 is 5.46. The highest BCUT2D eigenvalue weighted by Gasteiger charge is 2.37. The van der Waals surface area contributed by atoms with Gasteiger partial charge in [-0.05, 0) is 71.8 Å². The number of rotatable bonds is 10. The number of nitrogens with zero attached hydrogens (tertiary/aromatic N) is 1. The molecule has 0 saturated heterocycles. The van der Waals surface area contributed by atoms with Crippen molar-refractivity contribution in [3.8, 4) is 0 Å². The number of carbonyl (C=O) groups is 3. The van der Waals surface area contributed by atoms with Gasteiger partial charge in [0.05, 0.1) is 0 Å². The standard InChI is InChI=1S/C30H49N3O4/c1-9-15-33(28(35)25(16-20(2)3)32-29(36)37-30(6,7)8)26(23-18-21(4)17-22(5)19-23)27(34)31-24-13-11-10-12-14-24/h17-20,24-26H,9-16H2,1-8H3,(H,31,34)(H,32,36). The van der Waals surface area contributed by atoms with Gasteiger partial charge in [-0.25, -0.2) is 4.79 Å². The van der Waals surface area contributed by atoms with E-state index in [9.17, 15) is 14.4 Å². The number of hydrogen-bond acceptors (Lipinski definition) is 4. The van der Waals surface area contributed by atoms with Gasteiger partial charge in [0.25, 0.3) is 0 Å². The fourth-order valence-electron chi connectivity index (χ4n) is 5.12. The molecular formula is C30H49N3O4. The second-order valence-electron chi connectivity index (χ2n) is 12.0. The Balaban J connectivity index is 2.46. The van der Waals surface area contributed by atoms with Crippen LogP contribution in [0.1, 0.15) is 109 Å². The SMILES string of the molecule is CCCN(C(=O)C(CC(C)C)NC(=O)OC(C)(C)C)C(C(=O)NC1CCCCC1)c1cc(C)cc(C)c1. The first-order chi connectivity index (χ1) is 17.3. The van der Waals surface area contributed by atoms with Crippen molar-refractivity contribution in [3.05, 3.63) is 34.9 Å². The number of hydrogen-bond donors (Lipinski definition) is 2. The maximum absolute atomic E-state index is 14.1. The number of ether oxygens (including phenoxy) is 1. The summed E-state index contributed by atoms with van der Waals surface area (Å²) in [7, 11) is 0. The van der Waals surface area contributed by atoms with Crippen LogP contribution in [0.5, 0.6) is 0 Å². The Kier molecular flexibility index (Phi) is 11.5. The van der Waals surface area contributed by atoms with Crippen LogP contribution >= 0.6 is 0 Å². The molecule has 3 amide bonds. The Bertz CT molecular complexity index is 896. The molecule has 208 valence electrons. The van der Waals surface area contributed by atoms with Crippen LogP contribution in [-0.2, 0) is 14.3 Å². The molecule has 37 heavy (non-hydrogen) atoms. The topological polar surface area (TPSA) is 87.7 Å². The summed E-state index contributed by atoms with van der Waals surface area (Å²) in [6.45, 7) is 15.8. The third-order valence-electron chi connectivity index (χ3n) is 6.52. The van der Waals surface area contributed by atoms with Gasteiger partial charge >= 0.3 is 6.09 Å². The molecule has 0 bridgehead atoms. The molecule has 1 aliphatic carbocycles. The quantitative estimate of drug-likeness (QED) is 0.402. The Labute approximate surface area is 224 Å². The lowest BCUT2D eigenvalue weighted by Gasteiger charge is -2.36. The molecule has 2 N–H and O–H groups in total. The van der Waals surface area contributed by atoms with Crippen LogP contribution in [-0.4, -0.2) is 47.0 Å². The van der Waals surface area contributed by atoms with Crippen LogP contribution in [0.2, 0.25) is 0 Å². The molecule has 1 fully saturated rings. The third-order valence-corrected chi connectivity index (χ3v) is 6.52. The number of carbonyl (C=O) groups excluding carboxylic acids is 3. The highest BCUT2D eigenvalue weighted by atomic mass is 16.6. The van der Waals surface area contributed by atoms with Crippen LogP contribution in [0.3, 0.4) is 0 Å². The first-order valence-electron chi connectivity index (χ1n) is 14.0. The second-order valence-corrected chi connectivity index (χ2v) is 12.0. The highest BCUT2D eigenvalue weighted by Crippen LogP contribution is 2.27. The molecule has 0 heterocycles. The average molecular weight is 516 g/mol. The van der Waals surface area contributed by atoms with E-state index in [4.69, 9.17) is 4.74 Å². The van der Waals surface area contributed by atoms with Gasteiger partial charge in [0.2, 0.25) is 11.8 Å². The molecule has 0 aromatic heterocycles. The van der Waals surface area contributed by atoms with Gasteiger partial charge in [0.1, 0.15) is 17.7 Å². The van der Waals surface area contributed by atoms with Crippen molar-refractivity contribution >= 4 is 17.9 Å². The first-order valence-corrected chi connectivity index (χ1v) is 14.0. The van der Waals surface area contributed by atoms with E-state index >= 15 is 0 Å².